The van der Waals surface area contributed by atoms with Gasteiger partial charge in [0.1, 0.15) is 23.1 Å². The van der Waals surface area contributed by atoms with Crippen molar-refractivity contribution < 1.29 is 23.4 Å². The van der Waals surface area contributed by atoms with Gasteiger partial charge in [0.25, 0.3) is 5.91 Å². The van der Waals surface area contributed by atoms with Gasteiger partial charge in [-0.25, -0.2) is 14.2 Å². The third-order valence-corrected chi connectivity index (χ3v) is 4.25. The van der Waals surface area contributed by atoms with E-state index in [0.717, 1.165) is 0 Å². The van der Waals surface area contributed by atoms with Crippen LogP contribution in [-0.4, -0.2) is 22.8 Å². The number of carbonyl (C=O) groups excluding carboxylic acids is 1. The van der Waals surface area contributed by atoms with Gasteiger partial charge in [-0.05, 0) is 55.7 Å². The minimum Gasteiger partial charge on any atom is -0.507 e. The van der Waals surface area contributed by atoms with Gasteiger partial charge >= 0.3 is 0 Å². The Kier molecular flexibility index (Phi) is 4.88. The van der Waals surface area contributed by atoms with Gasteiger partial charge in [0.15, 0.2) is 6.10 Å². The molecule has 2 atom stereocenters. The van der Waals surface area contributed by atoms with Gasteiger partial charge in [0.2, 0.25) is 0 Å². The molecule has 2 N–H and O–H groups in total. The number of ether oxygens (including phenoxy) is 1. The second-order valence-corrected chi connectivity index (χ2v) is 6.21. The van der Waals surface area contributed by atoms with Crippen molar-refractivity contribution in [3.05, 3.63) is 59.2 Å². The normalized spacial score (nSPS) is 18.5. The predicted octanol–water partition coefficient (Wildman–Crippen LogP) is 3.47. The molecule has 0 aliphatic heterocycles. The van der Waals surface area contributed by atoms with E-state index in [4.69, 9.17) is 4.74 Å². The molecule has 0 heterocycles. The molecule has 0 radical (unpaired) electrons. The first kappa shape index (κ1) is 17.8. The number of halogens is 2. The molecule has 2 aromatic rings. The van der Waals surface area contributed by atoms with E-state index in [-0.39, 0.29) is 11.7 Å². The zero-order valence-corrected chi connectivity index (χ0v) is 14.3. The van der Waals surface area contributed by atoms with Crippen molar-refractivity contribution in [2.45, 2.75) is 32.3 Å². The molecule has 1 aliphatic rings. The Hall–Kier alpha value is -2.96. The van der Waals surface area contributed by atoms with Crippen LogP contribution in [0.4, 0.5) is 8.78 Å². The number of hydrogen-bond acceptors (Lipinski definition) is 4. The topological polar surface area (TPSA) is 70.9 Å². The molecule has 0 aromatic heterocycles. The highest BCUT2D eigenvalue weighted by Crippen LogP contribution is 2.39. The Bertz CT molecular complexity index is 866. The number of rotatable bonds is 4. The summed E-state index contributed by atoms with van der Waals surface area (Å²) in [7, 11) is 0. The van der Waals surface area contributed by atoms with Crippen LogP contribution in [0.3, 0.4) is 0 Å². The summed E-state index contributed by atoms with van der Waals surface area (Å²) < 4.78 is 32.3. The number of hydrogen-bond donors (Lipinski definition) is 2. The molecule has 0 saturated heterocycles. The molecule has 2 aromatic carbocycles. The highest BCUT2D eigenvalue weighted by Gasteiger charge is 2.31. The van der Waals surface area contributed by atoms with Crippen LogP contribution in [0.2, 0.25) is 0 Å². The monoisotopic (exact) mass is 360 g/mol. The number of benzene rings is 2. The lowest BCUT2D eigenvalue weighted by Crippen LogP contribution is -2.34. The van der Waals surface area contributed by atoms with Gasteiger partial charge in [-0.15, -0.1) is 0 Å². The van der Waals surface area contributed by atoms with Gasteiger partial charge in [0, 0.05) is 11.1 Å². The highest BCUT2D eigenvalue weighted by molar-refractivity contribution is 6.07. The van der Waals surface area contributed by atoms with Gasteiger partial charge in [-0.2, -0.15) is 5.10 Å². The minimum absolute atomic E-state index is 0.0747. The van der Waals surface area contributed by atoms with Crippen molar-refractivity contribution >= 4 is 11.6 Å². The van der Waals surface area contributed by atoms with Gasteiger partial charge in [-0.1, -0.05) is 6.92 Å². The molecule has 26 heavy (non-hydrogen) atoms. The molecular weight excluding hydrogens is 342 g/mol. The smallest absolute Gasteiger partial charge is 0.280 e. The number of aromatic hydroxyl groups is 1. The van der Waals surface area contributed by atoms with Crippen LogP contribution in [0, 0.1) is 11.6 Å². The van der Waals surface area contributed by atoms with Crippen LogP contribution >= 0.6 is 0 Å². The number of nitrogens with zero attached hydrogens (tertiary/aromatic N) is 1. The summed E-state index contributed by atoms with van der Waals surface area (Å²) in [5.74, 6) is -1.20. The van der Waals surface area contributed by atoms with Crippen molar-refractivity contribution in [1.82, 2.24) is 5.43 Å². The second-order valence-electron chi connectivity index (χ2n) is 6.21. The SMILES string of the molecule is C[C@@H](Oc1ccc(F)cc1)C(=O)N/N=C1\C[C@H](C)c2c(F)ccc(O)c21. The first-order valence-electron chi connectivity index (χ1n) is 8.17. The molecule has 0 bridgehead atoms. The van der Waals surface area contributed by atoms with E-state index in [0.29, 0.717) is 29.0 Å². The average Bonchev–Trinajstić information content (AvgIpc) is 2.95. The Morgan fingerprint density at radius 2 is 1.96 bits per heavy atom. The Labute approximate surface area is 149 Å². The second kappa shape index (κ2) is 7.11. The summed E-state index contributed by atoms with van der Waals surface area (Å²) in [6, 6.07) is 7.78. The van der Waals surface area contributed by atoms with E-state index >= 15 is 0 Å². The lowest BCUT2D eigenvalue weighted by Gasteiger charge is -2.13. The van der Waals surface area contributed by atoms with Gasteiger partial charge in [-0.3, -0.25) is 4.79 Å². The number of amides is 1. The van der Waals surface area contributed by atoms with Gasteiger partial charge in [0.05, 0.1) is 5.71 Å². The first-order valence-corrected chi connectivity index (χ1v) is 8.17. The minimum atomic E-state index is -0.871. The summed E-state index contributed by atoms with van der Waals surface area (Å²) in [5, 5.41) is 14.1. The van der Waals surface area contributed by atoms with Gasteiger partial charge < -0.3 is 9.84 Å². The van der Waals surface area contributed by atoms with Crippen LogP contribution in [0.1, 0.15) is 37.3 Å². The molecule has 7 heteroatoms. The standard InChI is InChI=1S/C19H18F2N2O3/c1-10-9-15(18-16(24)8-7-14(21)17(10)18)22-23-19(25)11(2)26-13-5-3-12(20)4-6-13/h3-8,10-11,24H,9H2,1-2H3,(H,23,25)/b22-15+/t10-,11+/m0/s1. The van der Waals surface area contributed by atoms with Crippen molar-refractivity contribution in [1.29, 1.82) is 0 Å². The summed E-state index contributed by atoms with van der Waals surface area (Å²) in [6.45, 7) is 3.35. The zero-order chi connectivity index (χ0) is 18.8. The van der Waals surface area contributed by atoms with E-state index in [1.54, 1.807) is 0 Å². The number of fused-ring (bicyclic) bond motifs is 1. The molecule has 3 rings (SSSR count). The Balaban J connectivity index is 1.72. The average molecular weight is 360 g/mol. The van der Waals surface area contributed by atoms with Crippen LogP contribution in [0.25, 0.3) is 0 Å². The molecule has 1 aliphatic carbocycles. The maximum Gasteiger partial charge on any atom is 0.280 e. The lowest BCUT2D eigenvalue weighted by atomic mass is 10.0. The maximum absolute atomic E-state index is 14.0. The van der Waals surface area contributed by atoms with Crippen molar-refractivity contribution in [3.63, 3.8) is 0 Å². The van der Waals surface area contributed by atoms with Crippen molar-refractivity contribution in [2.24, 2.45) is 5.10 Å². The number of phenols is 1. The van der Waals surface area contributed by atoms with E-state index in [1.807, 2.05) is 6.92 Å². The summed E-state index contributed by atoms with van der Waals surface area (Å²) >= 11 is 0. The maximum atomic E-state index is 14.0. The molecule has 0 spiro atoms. The molecule has 1 amide bonds. The third-order valence-electron chi connectivity index (χ3n) is 4.25. The third kappa shape index (κ3) is 3.51. The fourth-order valence-corrected chi connectivity index (χ4v) is 2.95. The largest absolute Gasteiger partial charge is 0.507 e. The zero-order valence-electron chi connectivity index (χ0n) is 14.3. The van der Waals surface area contributed by atoms with Crippen LogP contribution in [-0.2, 0) is 4.79 Å². The molecule has 136 valence electrons. The number of nitrogens with one attached hydrogen (secondary N) is 1. The highest BCUT2D eigenvalue weighted by atomic mass is 19.1. The molecule has 5 nitrogen and oxygen atoms in total. The molecule has 0 saturated carbocycles. The fraction of sp³-hybridized carbons (Fsp3) is 0.263. The van der Waals surface area contributed by atoms with E-state index in [9.17, 15) is 18.7 Å². The quantitative estimate of drug-likeness (QED) is 0.821. The Morgan fingerprint density at radius 1 is 1.27 bits per heavy atom. The predicted molar refractivity (Wildman–Crippen MR) is 92.3 cm³/mol. The molecule has 0 fully saturated rings. The van der Waals surface area contributed by atoms with Crippen LogP contribution < -0.4 is 10.2 Å². The molecular formula is C19H18F2N2O3. The fourth-order valence-electron chi connectivity index (χ4n) is 2.95. The van der Waals surface area contributed by atoms with Crippen molar-refractivity contribution in [2.75, 3.05) is 0 Å². The number of hydrazone groups is 1. The van der Waals surface area contributed by atoms with Crippen LogP contribution in [0.15, 0.2) is 41.5 Å². The van der Waals surface area contributed by atoms with Crippen LogP contribution in [0.5, 0.6) is 11.5 Å². The van der Waals surface area contributed by atoms with E-state index < -0.39 is 23.6 Å². The van der Waals surface area contributed by atoms with Crippen molar-refractivity contribution in [3.8, 4) is 11.5 Å². The first-order chi connectivity index (χ1) is 12.4. The number of carbonyl (C=O) groups is 1. The summed E-state index contributed by atoms with van der Waals surface area (Å²) in [4.78, 5) is 12.2. The Morgan fingerprint density at radius 3 is 2.65 bits per heavy atom. The molecule has 0 unspecified atom stereocenters. The summed E-state index contributed by atoms with van der Waals surface area (Å²) in [6.07, 6.45) is -0.471. The number of phenolic OH excluding ortho intramolecular Hbond substituents is 1. The summed E-state index contributed by atoms with van der Waals surface area (Å²) in [5.41, 5.74) is 3.51. The lowest BCUT2D eigenvalue weighted by molar-refractivity contribution is -0.127. The van der Waals surface area contributed by atoms with E-state index in [2.05, 4.69) is 10.5 Å². The van der Waals surface area contributed by atoms with E-state index in [1.165, 1.54) is 43.3 Å².